The van der Waals surface area contributed by atoms with Crippen molar-refractivity contribution in [3.8, 4) is 0 Å². The Hall–Kier alpha value is -1.90. The van der Waals surface area contributed by atoms with Crippen LogP contribution >= 0.6 is 0 Å². The minimum Gasteiger partial charge on any atom is -0.354 e. The second-order valence-electron chi connectivity index (χ2n) is 4.64. The van der Waals surface area contributed by atoms with E-state index >= 15 is 0 Å². The quantitative estimate of drug-likeness (QED) is 0.822. The number of rotatable bonds is 3. The average molecular weight is 296 g/mol. The molecule has 9 heteroatoms. The lowest BCUT2D eigenvalue weighted by Crippen LogP contribution is -2.41. The first-order chi connectivity index (χ1) is 9.59. The number of anilines is 2. The predicted octanol–water partition coefficient (Wildman–Crippen LogP) is 0.0195. The van der Waals surface area contributed by atoms with Gasteiger partial charge in [-0.05, 0) is 6.92 Å². The summed E-state index contributed by atoms with van der Waals surface area (Å²) < 4.78 is 23.0. The van der Waals surface area contributed by atoms with Crippen LogP contribution in [0.1, 0.15) is 6.92 Å². The molecule has 0 saturated carbocycles. The maximum atomic E-state index is 11.5. The fourth-order valence-corrected chi connectivity index (χ4v) is 3.41. The first-order valence-corrected chi connectivity index (χ1v) is 8.31. The average Bonchev–Trinajstić information content (AvgIpc) is 2.86. The molecule has 0 unspecified atom stereocenters. The summed E-state index contributed by atoms with van der Waals surface area (Å²) in [6.45, 7) is 3.56. The summed E-state index contributed by atoms with van der Waals surface area (Å²) in [7, 11) is -2.91. The molecule has 0 atom stereocenters. The number of sulfone groups is 1. The number of aromatic nitrogens is 4. The van der Waals surface area contributed by atoms with Gasteiger partial charge in [0.1, 0.15) is 5.52 Å². The third-order valence-electron chi connectivity index (χ3n) is 3.25. The third-order valence-corrected chi connectivity index (χ3v) is 4.85. The molecule has 3 rings (SSSR count). The molecule has 20 heavy (non-hydrogen) atoms. The lowest BCUT2D eigenvalue weighted by molar-refractivity contribution is 0.586. The van der Waals surface area contributed by atoms with Crippen molar-refractivity contribution in [3.05, 3.63) is 6.33 Å². The van der Waals surface area contributed by atoms with Gasteiger partial charge in [-0.25, -0.2) is 13.4 Å². The van der Waals surface area contributed by atoms with E-state index in [-0.39, 0.29) is 11.5 Å². The summed E-state index contributed by atoms with van der Waals surface area (Å²) >= 11 is 0. The van der Waals surface area contributed by atoms with Crippen LogP contribution in [0.5, 0.6) is 0 Å². The first kappa shape index (κ1) is 13.1. The standard InChI is InChI=1S/C11H16N6O2S/c1-2-12-11-15-9-8(13-7-14-9)10(16-11)17-3-5-20(18,19)6-4-17/h7H,2-6H2,1H3,(H2,12,13,14,15,16). The Labute approximate surface area is 116 Å². The zero-order chi connectivity index (χ0) is 14.2. The van der Waals surface area contributed by atoms with E-state index in [0.717, 1.165) is 5.52 Å². The van der Waals surface area contributed by atoms with Crippen molar-refractivity contribution in [2.45, 2.75) is 6.92 Å². The van der Waals surface area contributed by atoms with Crippen molar-refractivity contribution in [1.82, 2.24) is 19.9 Å². The number of hydrogen-bond donors (Lipinski definition) is 2. The monoisotopic (exact) mass is 296 g/mol. The SMILES string of the molecule is CCNc1nc(N2CCS(=O)(=O)CC2)c2[nH]cnc2n1. The molecule has 0 radical (unpaired) electrons. The predicted molar refractivity (Wildman–Crippen MR) is 76.7 cm³/mol. The van der Waals surface area contributed by atoms with Crippen LogP contribution in [-0.4, -0.2) is 59.5 Å². The maximum Gasteiger partial charge on any atom is 0.226 e. The van der Waals surface area contributed by atoms with Crippen molar-refractivity contribution >= 4 is 32.8 Å². The van der Waals surface area contributed by atoms with E-state index < -0.39 is 9.84 Å². The fourth-order valence-electron chi connectivity index (χ4n) is 2.21. The third kappa shape index (κ3) is 2.40. The largest absolute Gasteiger partial charge is 0.354 e. The van der Waals surface area contributed by atoms with E-state index in [1.807, 2.05) is 11.8 Å². The molecular formula is C11H16N6O2S. The maximum absolute atomic E-state index is 11.5. The molecule has 0 aliphatic carbocycles. The van der Waals surface area contributed by atoms with Gasteiger partial charge in [0, 0.05) is 19.6 Å². The van der Waals surface area contributed by atoms with Gasteiger partial charge < -0.3 is 15.2 Å². The molecule has 1 saturated heterocycles. The smallest absolute Gasteiger partial charge is 0.226 e. The molecule has 3 heterocycles. The Kier molecular flexibility index (Phi) is 3.20. The summed E-state index contributed by atoms with van der Waals surface area (Å²) in [6.07, 6.45) is 1.57. The molecule has 2 aromatic rings. The van der Waals surface area contributed by atoms with Crippen LogP contribution in [0.25, 0.3) is 11.2 Å². The van der Waals surface area contributed by atoms with Gasteiger partial charge in [-0.1, -0.05) is 0 Å². The normalized spacial score (nSPS) is 18.4. The number of H-pyrrole nitrogens is 1. The highest BCUT2D eigenvalue weighted by molar-refractivity contribution is 7.91. The van der Waals surface area contributed by atoms with Gasteiger partial charge in [0.05, 0.1) is 17.8 Å². The number of imidazole rings is 1. The number of aromatic amines is 1. The van der Waals surface area contributed by atoms with E-state index in [1.165, 1.54) is 0 Å². The Morgan fingerprint density at radius 3 is 2.80 bits per heavy atom. The van der Waals surface area contributed by atoms with Gasteiger partial charge >= 0.3 is 0 Å². The lowest BCUT2D eigenvalue weighted by Gasteiger charge is -2.28. The number of hydrogen-bond acceptors (Lipinski definition) is 7. The topological polar surface area (TPSA) is 104 Å². The van der Waals surface area contributed by atoms with Gasteiger partial charge in [0.2, 0.25) is 5.95 Å². The van der Waals surface area contributed by atoms with E-state index in [9.17, 15) is 8.42 Å². The highest BCUT2D eigenvalue weighted by Gasteiger charge is 2.25. The second kappa shape index (κ2) is 4.89. The molecule has 2 aromatic heterocycles. The van der Waals surface area contributed by atoms with Crippen LogP contribution < -0.4 is 10.2 Å². The summed E-state index contributed by atoms with van der Waals surface area (Å²) in [5.41, 5.74) is 1.32. The van der Waals surface area contributed by atoms with Crippen LogP contribution in [0.3, 0.4) is 0 Å². The van der Waals surface area contributed by atoms with Crippen molar-refractivity contribution in [1.29, 1.82) is 0 Å². The van der Waals surface area contributed by atoms with Gasteiger partial charge in [-0.2, -0.15) is 9.97 Å². The molecular weight excluding hydrogens is 280 g/mol. The van der Waals surface area contributed by atoms with Crippen LogP contribution in [0.15, 0.2) is 6.33 Å². The summed E-state index contributed by atoms with van der Waals surface area (Å²) in [6, 6.07) is 0. The Morgan fingerprint density at radius 1 is 1.35 bits per heavy atom. The number of nitrogens with zero attached hydrogens (tertiary/aromatic N) is 4. The van der Waals surface area contributed by atoms with Crippen molar-refractivity contribution in [3.63, 3.8) is 0 Å². The van der Waals surface area contributed by atoms with E-state index in [4.69, 9.17) is 0 Å². The van der Waals surface area contributed by atoms with Crippen LogP contribution in [0, 0.1) is 0 Å². The van der Waals surface area contributed by atoms with Crippen molar-refractivity contribution in [2.24, 2.45) is 0 Å². The Bertz CT molecular complexity index is 712. The van der Waals surface area contributed by atoms with Gasteiger partial charge in [-0.15, -0.1) is 0 Å². The minimum absolute atomic E-state index is 0.156. The zero-order valence-electron chi connectivity index (χ0n) is 11.1. The molecule has 1 fully saturated rings. The van der Waals surface area contributed by atoms with Gasteiger partial charge in [0.25, 0.3) is 0 Å². The minimum atomic E-state index is -2.91. The van der Waals surface area contributed by atoms with Crippen molar-refractivity contribution in [2.75, 3.05) is 41.4 Å². The molecule has 0 aromatic carbocycles. The molecule has 108 valence electrons. The first-order valence-electron chi connectivity index (χ1n) is 6.49. The Balaban J connectivity index is 1.99. The molecule has 2 N–H and O–H groups in total. The van der Waals surface area contributed by atoms with E-state index in [0.29, 0.717) is 37.0 Å². The molecule has 0 bridgehead atoms. The summed E-state index contributed by atoms with van der Waals surface area (Å²) in [5, 5.41) is 3.06. The fraction of sp³-hybridized carbons (Fsp3) is 0.545. The van der Waals surface area contributed by atoms with E-state index in [1.54, 1.807) is 6.33 Å². The Morgan fingerprint density at radius 2 is 2.10 bits per heavy atom. The van der Waals surface area contributed by atoms with Crippen LogP contribution in [0.4, 0.5) is 11.8 Å². The zero-order valence-corrected chi connectivity index (χ0v) is 11.9. The van der Waals surface area contributed by atoms with E-state index in [2.05, 4.69) is 25.3 Å². The summed E-state index contributed by atoms with van der Waals surface area (Å²) in [5.74, 6) is 1.53. The van der Waals surface area contributed by atoms with Gasteiger partial charge in [0.15, 0.2) is 21.3 Å². The van der Waals surface area contributed by atoms with Crippen LogP contribution in [0.2, 0.25) is 0 Å². The molecule has 0 spiro atoms. The van der Waals surface area contributed by atoms with Gasteiger partial charge in [-0.3, -0.25) is 0 Å². The molecule has 8 nitrogen and oxygen atoms in total. The summed E-state index contributed by atoms with van der Waals surface area (Å²) in [4.78, 5) is 17.9. The van der Waals surface area contributed by atoms with Crippen molar-refractivity contribution < 1.29 is 8.42 Å². The number of fused-ring (bicyclic) bond motifs is 1. The molecule has 0 amide bonds. The lowest BCUT2D eigenvalue weighted by atomic mass is 10.4. The number of nitrogens with one attached hydrogen (secondary N) is 2. The highest BCUT2D eigenvalue weighted by Crippen LogP contribution is 2.24. The highest BCUT2D eigenvalue weighted by atomic mass is 32.2. The van der Waals surface area contributed by atoms with Crippen LogP contribution in [-0.2, 0) is 9.84 Å². The molecule has 1 aliphatic heterocycles. The second-order valence-corrected chi connectivity index (χ2v) is 6.94. The molecule has 1 aliphatic rings.